The highest BCUT2D eigenvalue weighted by molar-refractivity contribution is 9.10. The van der Waals surface area contributed by atoms with Crippen molar-refractivity contribution in [1.29, 1.82) is 0 Å². The summed E-state index contributed by atoms with van der Waals surface area (Å²) in [6, 6.07) is 6.79. The molecule has 0 aliphatic heterocycles. The van der Waals surface area contributed by atoms with E-state index in [1.807, 2.05) is 6.07 Å². The Kier molecular flexibility index (Phi) is 3.41. The second-order valence-electron chi connectivity index (χ2n) is 3.21. The molecule has 2 aromatic rings. The topological polar surface area (TPSA) is 45.4 Å². The van der Waals surface area contributed by atoms with Crippen LogP contribution in [-0.2, 0) is 6.54 Å². The van der Waals surface area contributed by atoms with Gasteiger partial charge in [-0.2, -0.15) is 0 Å². The van der Waals surface area contributed by atoms with Gasteiger partial charge in [-0.1, -0.05) is 11.6 Å². The van der Waals surface area contributed by atoms with Gasteiger partial charge in [-0.05, 0) is 40.2 Å². The molecule has 0 bridgehead atoms. The summed E-state index contributed by atoms with van der Waals surface area (Å²) in [5, 5.41) is 12.7. The largest absolute Gasteiger partial charge is 0.506 e. The maximum atomic E-state index is 9.25. The SMILES string of the molecule is Oc1ccc(NCc2occc2Br)cc1Cl. The van der Waals surface area contributed by atoms with Crippen LogP contribution in [0.1, 0.15) is 5.76 Å². The van der Waals surface area contributed by atoms with E-state index in [4.69, 9.17) is 16.0 Å². The van der Waals surface area contributed by atoms with E-state index >= 15 is 0 Å². The molecule has 1 aromatic carbocycles. The molecular formula is C11H9BrClNO2. The summed E-state index contributed by atoms with van der Waals surface area (Å²) in [5.41, 5.74) is 0.825. The summed E-state index contributed by atoms with van der Waals surface area (Å²) >= 11 is 9.15. The van der Waals surface area contributed by atoms with Crippen LogP contribution in [-0.4, -0.2) is 5.11 Å². The van der Waals surface area contributed by atoms with Gasteiger partial charge in [0, 0.05) is 5.69 Å². The van der Waals surface area contributed by atoms with E-state index in [0.29, 0.717) is 11.6 Å². The Morgan fingerprint density at radius 2 is 2.19 bits per heavy atom. The van der Waals surface area contributed by atoms with Gasteiger partial charge >= 0.3 is 0 Å². The maximum Gasteiger partial charge on any atom is 0.136 e. The zero-order valence-corrected chi connectivity index (χ0v) is 10.5. The number of phenols is 1. The normalized spacial score (nSPS) is 10.4. The van der Waals surface area contributed by atoms with Crippen LogP contribution >= 0.6 is 27.5 Å². The molecule has 5 heteroatoms. The molecule has 2 rings (SSSR count). The smallest absolute Gasteiger partial charge is 0.136 e. The van der Waals surface area contributed by atoms with Gasteiger partial charge in [0.15, 0.2) is 0 Å². The van der Waals surface area contributed by atoms with Gasteiger partial charge in [-0.25, -0.2) is 0 Å². The summed E-state index contributed by atoms with van der Waals surface area (Å²) in [5.74, 6) is 0.885. The highest BCUT2D eigenvalue weighted by Crippen LogP contribution is 2.26. The van der Waals surface area contributed by atoms with Gasteiger partial charge in [0.05, 0.1) is 22.3 Å². The first kappa shape index (κ1) is 11.4. The van der Waals surface area contributed by atoms with Crippen LogP contribution in [0.2, 0.25) is 5.02 Å². The zero-order valence-electron chi connectivity index (χ0n) is 8.21. The minimum absolute atomic E-state index is 0.0754. The van der Waals surface area contributed by atoms with Crippen LogP contribution < -0.4 is 5.32 Å². The van der Waals surface area contributed by atoms with E-state index in [-0.39, 0.29) is 5.75 Å². The summed E-state index contributed by atoms with van der Waals surface area (Å²) in [4.78, 5) is 0. The Hall–Kier alpha value is -1.13. The molecule has 0 radical (unpaired) electrons. The van der Waals surface area contributed by atoms with Crippen molar-refractivity contribution in [3.8, 4) is 5.75 Å². The van der Waals surface area contributed by atoms with Crippen LogP contribution in [0.4, 0.5) is 5.69 Å². The van der Waals surface area contributed by atoms with Crippen molar-refractivity contribution in [3.63, 3.8) is 0 Å². The Labute approximate surface area is 106 Å². The number of nitrogens with one attached hydrogen (secondary N) is 1. The standard InChI is InChI=1S/C11H9BrClNO2/c12-8-3-4-16-11(8)6-14-7-1-2-10(15)9(13)5-7/h1-5,14-15H,6H2. The molecule has 16 heavy (non-hydrogen) atoms. The van der Waals surface area contributed by atoms with E-state index < -0.39 is 0 Å². The third-order valence-corrected chi connectivity index (χ3v) is 3.10. The number of hydrogen-bond donors (Lipinski definition) is 2. The summed E-state index contributed by atoms with van der Waals surface area (Å²) < 4.78 is 6.17. The van der Waals surface area contributed by atoms with E-state index in [1.165, 1.54) is 0 Å². The lowest BCUT2D eigenvalue weighted by Crippen LogP contribution is -1.98. The van der Waals surface area contributed by atoms with Crippen molar-refractivity contribution in [2.75, 3.05) is 5.32 Å². The lowest BCUT2D eigenvalue weighted by atomic mass is 10.3. The Morgan fingerprint density at radius 3 is 2.81 bits per heavy atom. The molecule has 2 N–H and O–H groups in total. The molecule has 0 spiro atoms. The summed E-state index contributed by atoms with van der Waals surface area (Å²) in [6.45, 7) is 0.550. The first-order valence-corrected chi connectivity index (χ1v) is 5.78. The minimum Gasteiger partial charge on any atom is -0.506 e. The Morgan fingerprint density at radius 1 is 1.38 bits per heavy atom. The molecule has 0 aliphatic carbocycles. The summed E-state index contributed by atoms with van der Waals surface area (Å²) in [6.07, 6.45) is 1.62. The molecule has 1 aromatic heterocycles. The first-order chi connectivity index (χ1) is 7.66. The monoisotopic (exact) mass is 301 g/mol. The number of rotatable bonds is 3. The van der Waals surface area contributed by atoms with Crippen LogP contribution in [0.15, 0.2) is 39.4 Å². The number of phenolic OH excluding ortho intramolecular Hbond substituents is 1. The third kappa shape index (κ3) is 2.51. The number of anilines is 1. The van der Waals surface area contributed by atoms with Crippen molar-refractivity contribution < 1.29 is 9.52 Å². The maximum absolute atomic E-state index is 9.25. The Balaban J connectivity index is 2.05. The molecule has 0 amide bonds. The van der Waals surface area contributed by atoms with E-state index in [1.54, 1.807) is 24.5 Å². The molecule has 0 atom stereocenters. The Bertz CT molecular complexity index is 498. The minimum atomic E-state index is 0.0754. The van der Waals surface area contributed by atoms with Crippen molar-refractivity contribution in [2.24, 2.45) is 0 Å². The van der Waals surface area contributed by atoms with Gasteiger partial charge in [0.25, 0.3) is 0 Å². The number of hydrogen-bond acceptors (Lipinski definition) is 3. The molecule has 1 heterocycles. The average Bonchev–Trinajstić information content (AvgIpc) is 2.66. The third-order valence-electron chi connectivity index (χ3n) is 2.09. The second-order valence-corrected chi connectivity index (χ2v) is 4.47. The quantitative estimate of drug-likeness (QED) is 0.842. The van der Waals surface area contributed by atoms with Crippen LogP contribution in [0.5, 0.6) is 5.75 Å². The number of halogens is 2. The van der Waals surface area contributed by atoms with Gasteiger partial charge in [-0.15, -0.1) is 0 Å². The van der Waals surface area contributed by atoms with Crippen LogP contribution in [0, 0.1) is 0 Å². The molecule has 84 valence electrons. The fourth-order valence-electron chi connectivity index (χ4n) is 1.25. The predicted octanol–water partition coefficient (Wildman–Crippen LogP) is 4.01. The van der Waals surface area contributed by atoms with Gasteiger partial charge in [0.1, 0.15) is 11.5 Å². The van der Waals surface area contributed by atoms with Crippen molar-refractivity contribution in [1.82, 2.24) is 0 Å². The van der Waals surface area contributed by atoms with Gasteiger partial charge < -0.3 is 14.8 Å². The van der Waals surface area contributed by atoms with Gasteiger partial charge in [0.2, 0.25) is 0 Å². The lowest BCUT2D eigenvalue weighted by molar-refractivity contribution is 0.475. The molecule has 3 nitrogen and oxygen atoms in total. The fourth-order valence-corrected chi connectivity index (χ4v) is 1.77. The van der Waals surface area contributed by atoms with Gasteiger partial charge in [-0.3, -0.25) is 0 Å². The highest BCUT2D eigenvalue weighted by atomic mass is 79.9. The van der Waals surface area contributed by atoms with Crippen molar-refractivity contribution in [2.45, 2.75) is 6.54 Å². The van der Waals surface area contributed by atoms with Crippen molar-refractivity contribution in [3.05, 3.63) is 45.8 Å². The number of aromatic hydroxyl groups is 1. The van der Waals surface area contributed by atoms with Crippen LogP contribution in [0.25, 0.3) is 0 Å². The molecule has 0 saturated carbocycles. The highest BCUT2D eigenvalue weighted by Gasteiger charge is 2.04. The lowest BCUT2D eigenvalue weighted by Gasteiger charge is -2.06. The van der Waals surface area contributed by atoms with E-state index in [2.05, 4.69) is 21.2 Å². The molecule has 0 unspecified atom stereocenters. The predicted molar refractivity (Wildman–Crippen MR) is 66.9 cm³/mol. The first-order valence-electron chi connectivity index (χ1n) is 4.61. The zero-order chi connectivity index (χ0) is 11.5. The number of furan rings is 1. The molecule has 0 aliphatic rings. The van der Waals surface area contributed by atoms with Crippen LogP contribution in [0.3, 0.4) is 0 Å². The molecule has 0 fully saturated rings. The van der Waals surface area contributed by atoms with Crippen molar-refractivity contribution >= 4 is 33.2 Å². The number of benzene rings is 1. The van der Waals surface area contributed by atoms with E-state index in [9.17, 15) is 5.11 Å². The fraction of sp³-hybridized carbons (Fsp3) is 0.0909. The van der Waals surface area contributed by atoms with E-state index in [0.717, 1.165) is 15.9 Å². The molecular weight excluding hydrogens is 293 g/mol. The average molecular weight is 303 g/mol. The molecule has 0 saturated heterocycles. The second kappa shape index (κ2) is 4.80. The summed E-state index contributed by atoms with van der Waals surface area (Å²) in [7, 11) is 0.